The number of carbonyl (C=O) groups excluding carboxylic acids is 1. The number of aromatic carboxylic acids is 1. The molecule has 1 heterocycles. The molecule has 1 amide bonds. The zero-order chi connectivity index (χ0) is 15.4. The van der Waals surface area contributed by atoms with Crippen LogP contribution in [0.15, 0.2) is 33.7 Å². The van der Waals surface area contributed by atoms with E-state index in [2.05, 4.69) is 10.5 Å². The van der Waals surface area contributed by atoms with Gasteiger partial charge in [0.1, 0.15) is 11.6 Å². The van der Waals surface area contributed by atoms with E-state index in [1.807, 2.05) is 0 Å². The van der Waals surface area contributed by atoms with Crippen molar-refractivity contribution < 1.29 is 23.6 Å². The highest BCUT2D eigenvalue weighted by Gasteiger charge is 2.12. The fourth-order valence-corrected chi connectivity index (χ4v) is 2.27. The van der Waals surface area contributed by atoms with Gasteiger partial charge in [0, 0.05) is 11.0 Å². The average Bonchev–Trinajstić information content (AvgIpc) is 2.82. The molecule has 0 aliphatic heterocycles. The van der Waals surface area contributed by atoms with Gasteiger partial charge < -0.3 is 14.9 Å². The summed E-state index contributed by atoms with van der Waals surface area (Å²) in [5.41, 5.74) is -0.0357. The van der Waals surface area contributed by atoms with Crippen LogP contribution < -0.4 is 5.32 Å². The van der Waals surface area contributed by atoms with Gasteiger partial charge in [-0.25, -0.2) is 9.18 Å². The molecule has 0 unspecified atom stereocenters. The van der Waals surface area contributed by atoms with E-state index in [0.717, 1.165) is 17.8 Å². The predicted octanol–water partition coefficient (Wildman–Crippen LogP) is 2.55. The molecule has 1 aromatic carbocycles. The number of anilines is 1. The molecule has 1 aromatic heterocycles. The van der Waals surface area contributed by atoms with Crippen LogP contribution >= 0.6 is 11.8 Å². The number of carbonyl (C=O) groups is 2. The fourth-order valence-electron chi connectivity index (χ4n) is 1.49. The Morgan fingerprint density at radius 1 is 1.43 bits per heavy atom. The van der Waals surface area contributed by atoms with E-state index in [1.165, 1.54) is 12.1 Å². The van der Waals surface area contributed by atoms with Gasteiger partial charge in [0.15, 0.2) is 5.82 Å². The Hall–Kier alpha value is -2.35. The van der Waals surface area contributed by atoms with Crippen molar-refractivity contribution in [3.8, 4) is 0 Å². The van der Waals surface area contributed by atoms with E-state index in [-0.39, 0.29) is 22.0 Å². The van der Waals surface area contributed by atoms with Gasteiger partial charge in [-0.3, -0.25) is 4.79 Å². The third-order valence-corrected chi connectivity index (χ3v) is 3.46. The van der Waals surface area contributed by atoms with Crippen molar-refractivity contribution in [1.82, 2.24) is 5.16 Å². The van der Waals surface area contributed by atoms with Crippen molar-refractivity contribution >= 4 is 29.5 Å². The molecule has 0 aliphatic rings. The molecule has 0 fully saturated rings. The Kier molecular flexibility index (Phi) is 4.59. The van der Waals surface area contributed by atoms with E-state index in [0.29, 0.717) is 5.76 Å². The summed E-state index contributed by atoms with van der Waals surface area (Å²) in [6.45, 7) is 1.68. The molecule has 0 aliphatic carbocycles. The fraction of sp³-hybridized carbons (Fsp3) is 0.154. The summed E-state index contributed by atoms with van der Waals surface area (Å²) in [4.78, 5) is 22.6. The lowest BCUT2D eigenvalue weighted by Crippen LogP contribution is -2.14. The molecule has 110 valence electrons. The summed E-state index contributed by atoms with van der Waals surface area (Å²) in [5.74, 6) is -1.37. The van der Waals surface area contributed by atoms with E-state index in [9.17, 15) is 14.0 Å². The minimum atomic E-state index is -1.15. The molecule has 2 rings (SSSR count). The molecular weight excluding hydrogens is 299 g/mol. The SMILES string of the molecule is Cc1cc(NC(=O)CSc2cc(C(=O)O)ccc2F)no1. The number of aromatic nitrogens is 1. The topological polar surface area (TPSA) is 92.4 Å². The summed E-state index contributed by atoms with van der Waals surface area (Å²) in [6, 6.07) is 4.97. The maximum atomic E-state index is 13.5. The second kappa shape index (κ2) is 6.40. The first kappa shape index (κ1) is 15.0. The number of nitrogens with one attached hydrogen (secondary N) is 1. The lowest BCUT2D eigenvalue weighted by atomic mass is 10.2. The Balaban J connectivity index is 1.97. The summed E-state index contributed by atoms with van der Waals surface area (Å²) in [7, 11) is 0. The van der Waals surface area contributed by atoms with Gasteiger partial charge in [0.05, 0.1) is 11.3 Å². The molecule has 0 saturated heterocycles. The Morgan fingerprint density at radius 2 is 2.19 bits per heavy atom. The summed E-state index contributed by atoms with van der Waals surface area (Å²) >= 11 is 0.904. The lowest BCUT2D eigenvalue weighted by Gasteiger charge is -2.04. The van der Waals surface area contributed by atoms with Crippen molar-refractivity contribution in [2.24, 2.45) is 0 Å². The van der Waals surface area contributed by atoms with Crippen LogP contribution in [0.3, 0.4) is 0 Å². The lowest BCUT2D eigenvalue weighted by molar-refractivity contribution is -0.113. The van der Waals surface area contributed by atoms with E-state index >= 15 is 0 Å². The van der Waals surface area contributed by atoms with Gasteiger partial charge in [-0.1, -0.05) is 5.16 Å². The molecule has 0 radical (unpaired) electrons. The number of hydrogen-bond donors (Lipinski definition) is 2. The Morgan fingerprint density at radius 3 is 2.81 bits per heavy atom. The number of rotatable bonds is 5. The average molecular weight is 310 g/mol. The standard InChI is InChI=1S/C13H11FN2O4S/c1-7-4-11(16-20-7)15-12(17)6-21-10-5-8(13(18)19)2-3-9(10)14/h2-5H,6H2,1H3,(H,18,19)(H,15,16,17). The van der Waals surface area contributed by atoms with Crippen LogP contribution in [0, 0.1) is 12.7 Å². The largest absolute Gasteiger partial charge is 0.478 e. The number of carboxylic acids is 1. The van der Waals surface area contributed by atoms with Gasteiger partial charge in [-0.2, -0.15) is 0 Å². The third kappa shape index (κ3) is 4.06. The van der Waals surface area contributed by atoms with E-state index in [1.54, 1.807) is 13.0 Å². The highest BCUT2D eigenvalue weighted by Crippen LogP contribution is 2.23. The molecule has 2 N–H and O–H groups in total. The number of benzene rings is 1. The quantitative estimate of drug-likeness (QED) is 0.825. The predicted molar refractivity (Wildman–Crippen MR) is 74.0 cm³/mol. The molecule has 8 heteroatoms. The van der Waals surface area contributed by atoms with Crippen molar-refractivity contribution in [3.05, 3.63) is 41.4 Å². The minimum absolute atomic E-state index is 0.0357. The number of thioether (sulfide) groups is 1. The summed E-state index contributed by atoms with van der Waals surface area (Å²) in [6.07, 6.45) is 0. The van der Waals surface area contributed by atoms with Crippen LogP contribution in [0.2, 0.25) is 0 Å². The van der Waals surface area contributed by atoms with Crippen molar-refractivity contribution in [2.45, 2.75) is 11.8 Å². The number of halogens is 1. The number of amides is 1. The molecule has 0 saturated carbocycles. The van der Waals surface area contributed by atoms with Gasteiger partial charge >= 0.3 is 5.97 Å². The molecule has 0 spiro atoms. The van der Waals surface area contributed by atoms with Crippen molar-refractivity contribution in [2.75, 3.05) is 11.1 Å². The van der Waals surface area contributed by atoms with Gasteiger partial charge in [-0.05, 0) is 25.1 Å². The van der Waals surface area contributed by atoms with Gasteiger partial charge in [-0.15, -0.1) is 11.8 Å². The first-order valence-corrected chi connectivity index (χ1v) is 6.83. The zero-order valence-electron chi connectivity index (χ0n) is 10.9. The van der Waals surface area contributed by atoms with Crippen molar-refractivity contribution in [3.63, 3.8) is 0 Å². The van der Waals surface area contributed by atoms with Crippen molar-refractivity contribution in [1.29, 1.82) is 0 Å². The number of aryl methyl sites for hydroxylation is 1. The molecular formula is C13H11FN2O4S. The molecule has 6 nitrogen and oxygen atoms in total. The van der Waals surface area contributed by atoms with Gasteiger partial charge in [0.25, 0.3) is 0 Å². The number of hydrogen-bond acceptors (Lipinski definition) is 5. The van der Waals surface area contributed by atoms with Crippen LogP contribution in [0.4, 0.5) is 10.2 Å². The highest BCUT2D eigenvalue weighted by molar-refractivity contribution is 8.00. The number of carboxylic acid groups (broad SMARTS) is 1. The number of nitrogens with zero attached hydrogens (tertiary/aromatic N) is 1. The first-order valence-electron chi connectivity index (χ1n) is 5.84. The second-order valence-corrected chi connectivity index (χ2v) is 5.13. The van der Waals surface area contributed by atoms with E-state index < -0.39 is 17.7 Å². The van der Waals surface area contributed by atoms with Crippen LogP contribution in [0.1, 0.15) is 16.1 Å². The summed E-state index contributed by atoms with van der Waals surface area (Å²) in [5, 5.41) is 14.9. The van der Waals surface area contributed by atoms with Crippen LogP contribution in [0.25, 0.3) is 0 Å². The minimum Gasteiger partial charge on any atom is -0.478 e. The Labute approximate surface area is 123 Å². The third-order valence-electron chi connectivity index (χ3n) is 2.43. The Bertz CT molecular complexity index is 687. The zero-order valence-corrected chi connectivity index (χ0v) is 11.7. The molecule has 2 aromatic rings. The molecule has 0 atom stereocenters. The summed E-state index contributed by atoms with van der Waals surface area (Å²) < 4.78 is 18.3. The smallest absolute Gasteiger partial charge is 0.335 e. The van der Waals surface area contributed by atoms with E-state index in [4.69, 9.17) is 9.63 Å². The molecule has 21 heavy (non-hydrogen) atoms. The van der Waals surface area contributed by atoms with Crippen LogP contribution in [-0.2, 0) is 4.79 Å². The first-order chi connectivity index (χ1) is 9.95. The maximum Gasteiger partial charge on any atom is 0.335 e. The van der Waals surface area contributed by atoms with Gasteiger partial charge in [0.2, 0.25) is 5.91 Å². The molecule has 0 bridgehead atoms. The van der Waals surface area contributed by atoms with Crippen LogP contribution in [-0.4, -0.2) is 27.9 Å². The van der Waals surface area contributed by atoms with Crippen LogP contribution in [0.5, 0.6) is 0 Å². The normalized spacial score (nSPS) is 10.4. The highest BCUT2D eigenvalue weighted by atomic mass is 32.2. The second-order valence-electron chi connectivity index (χ2n) is 4.11. The maximum absolute atomic E-state index is 13.5. The monoisotopic (exact) mass is 310 g/mol.